The molecule has 0 fully saturated rings. The normalized spacial score (nSPS) is 11.3. The van der Waals surface area contributed by atoms with Gasteiger partial charge in [0.15, 0.2) is 0 Å². The van der Waals surface area contributed by atoms with Crippen LogP contribution in [0.4, 0.5) is 0 Å². The number of rotatable bonds is 1. The van der Waals surface area contributed by atoms with Gasteiger partial charge in [-0.25, -0.2) is 9.97 Å². The second-order valence-corrected chi connectivity index (χ2v) is 4.22. The van der Waals surface area contributed by atoms with Gasteiger partial charge in [0.25, 0.3) is 0 Å². The van der Waals surface area contributed by atoms with E-state index in [9.17, 15) is 0 Å². The molecule has 0 spiro atoms. The number of benzene rings is 1. The summed E-state index contributed by atoms with van der Waals surface area (Å²) in [5, 5.41) is 1.46. The van der Waals surface area contributed by atoms with Crippen LogP contribution in [-0.4, -0.2) is 9.97 Å². The van der Waals surface area contributed by atoms with Crippen molar-refractivity contribution in [2.75, 3.05) is 0 Å². The zero-order valence-electron chi connectivity index (χ0n) is 8.66. The number of fused-ring (bicyclic) bond motifs is 1. The van der Waals surface area contributed by atoms with Crippen LogP contribution < -0.4 is 0 Å². The summed E-state index contributed by atoms with van der Waals surface area (Å²) in [5.41, 5.74) is 1.34. The molecule has 76 valence electrons. The molecule has 0 saturated heterocycles. The van der Waals surface area contributed by atoms with Gasteiger partial charge in [-0.2, -0.15) is 0 Å². The first kappa shape index (κ1) is 10.4. The number of hydrogen-bond acceptors (Lipinski definition) is 2. The van der Waals surface area contributed by atoms with Crippen molar-refractivity contribution in [3.8, 4) is 0 Å². The van der Waals surface area contributed by atoms with E-state index in [-0.39, 0.29) is 5.92 Å². The van der Waals surface area contributed by atoms with Crippen LogP contribution in [0.25, 0.3) is 10.9 Å². The monoisotopic (exact) mass is 218 g/mol. The molecule has 0 N–H and O–H groups in total. The molecule has 0 aliphatic carbocycles. The van der Waals surface area contributed by atoms with Crippen LogP contribution in [0.3, 0.4) is 0 Å². The number of hydrogen-bond donors (Lipinski definition) is 0. The molecule has 0 aliphatic heterocycles. The van der Waals surface area contributed by atoms with Gasteiger partial charge in [0.05, 0.1) is 11.2 Å². The van der Waals surface area contributed by atoms with Crippen LogP contribution in [0.5, 0.6) is 0 Å². The van der Waals surface area contributed by atoms with Crippen molar-refractivity contribution in [1.29, 1.82) is 0 Å². The van der Waals surface area contributed by atoms with Gasteiger partial charge in [-0.3, -0.25) is 0 Å². The largest absolute Gasteiger partial charge is 0.237 e. The van der Waals surface area contributed by atoms with E-state index in [1.807, 2.05) is 19.9 Å². The van der Waals surface area contributed by atoms with Crippen molar-refractivity contribution in [2.45, 2.75) is 19.8 Å². The van der Waals surface area contributed by atoms with Crippen molar-refractivity contribution >= 4 is 22.5 Å². The number of aromatic nitrogens is 2. The van der Waals surface area contributed by atoms with Crippen molar-refractivity contribution in [3.63, 3.8) is 0 Å². The maximum Gasteiger partial charge on any atom is 0.131 e. The van der Waals surface area contributed by atoms with Gasteiger partial charge >= 0.3 is 0 Å². The van der Waals surface area contributed by atoms with Crippen LogP contribution in [0.15, 0.2) is 18.2 Å². The van der Waals surface area contributed by atoms with Gasteiger partial charge in [-0.15, -0.1) is 0 Å². The Morgan fingerprint density at radius 1 is 1.27 bits per heavy atom. The highest BCUT2D eigenvalue weighted by atomic mass is 35.5. The van der Waals surface area contributed by atoms with E-state index in [2.05, 4.69) is 9.97 Å². The Bertz CT molecular complexity index is 506. The Hall–Kier alpha value is -1.15. The summed E-state index contributed by atoms with van der Waals surface area (Å²) in [6.45, 7) is 9.93. The van der Waals surface area contributed by atoms with Crippen LogP contribution in [-0.2, 0) is 0 Å². The molecule has 0 amide bonds. The number of nitrogens with zero attached hydrogens (tertiary/aromatic N) is 2. The first-order valence-corrected chi connectivity index (χ1v) is 5.18. The topological polar surface area (TPSA) is 25.8 Å². The lowest BCUT2D eigenvalue weighted by Crippen LogP contribution is -2.00. The average Bonchev–Trinajstić information content (AvgIpc) is 2.18. The molecule has 2 nitrogen and oxygen atoms in total. The minimum Gasteiger partial charge on any atom is -0.237 e. The minimum absolute atomic E-state index is 0.271. The van der Waals surface area contributed by atoms with E-state index in [0.29, 0.717) is 10.7 Å². The molecule has 0 unspecified atom stereocenters. The highest BCUT2D eigenvalue weighted by Crippen LogP contribution is 2.22. The third-order valence-electron chi connectivity index (χ3n) is 2.22. The fourth-order valence-corrected chi connectivity index (χ4v) is 1.57. The molecule has 2 rings (SSSR count). The SMILES string of the molecule is [CH]c1nc(C(C)C)nc2ccc(Cl)cc12. The lowest BCUT2D eigenvalue weighted by Gasteiger charge is -2.07. The highest BCUT2D eigenvalue weighted by Gasteiger charge is 2.07. The standard InChI is InChI=1S/C12H11ClN2/c1-7(2)12-14-8(3)10-6-9(13)4-5-11(10)15-12/h3-7H,1-2H3. The van der Waals surface area contributed by atoms with Crippen molar-refractivity contribution < 1.29 is 0 Å². The summed E-state index contributed by atoms with van der Waals surface area (Å²) in [5.74, 6) is 1.04. The summed E-state index contributed by atoms with van der Waals surface area (Å²) in [6.07, 6.45) is 0. The zero-order chi connectivity index (χ0) is 11.0. The van der Waals surface area contributed by atoms with Crippen molar-refractivity contribution in [3.05, 3.63) is 41.7 Å². The molecule has 2 aromatic rings. The first-order chi connectivity index (χ1) is 7.08. The lowest BCUT2D eigenvalue weighted by atomic mass is 10.1. The molecule has 15 heavy (non-hydrogen) atoms. The molecule has 3 heteroatoms. The predicted octanol–water partition coefficient (Wildman–Crippen LogP) is 3.47. The third kappa shape index (κ3) is 1.95. The van der Waals surface area contributed by atoms with Gasteiger partial charge in [-0.05, 0) is 18.2 Å². The minimum atomic E-state index is 0.271. The fraction of sp³-hybridized carbons (Fsp3) is 0.250. The molecule has 2 radical (unpaired) electrons. The Morgan fingerprint density at radius 3 is 2.67 bits per heavy atom. The third-order valence-corrected chi connectivity index (χ3v) is 2.46. The first-order valence-electron chi connectivity index (χ1n) is 4.80. The molecule has 1 aromatic carbocycles. The molecule has 1 heterocycles. The highest BCUT2D eigenvalue weighted by molar-refractivity contribution is 6.31. The van der Waals surface area contributed by atoms with Crippen molar-refractivity contribution in [1.82, 2.24) is 9.97 Å². The predicted molar refractivity (Wildman–Crippen MR) is 62.0 cm³/mol. The van der Waals surface area contributed by atoms with Crippen LogP contribution >= 0.6 is 11.6 Å². The Kier molecular flexibility index (Phi) is 2.61. The Balaban J connectivity index is 2.73. The quantitative estimate of drug-likeness (QED) is 0.733. The summed E-state index contributed by atoms with van der Waals surface area (Å²) in [7, 11) is 0. The summed E-state index contributed by atoms with van der Waals surface area (Å²) in [6, 6.07) is 5.46. The summed E-state index contributed by atoms with van der Waals surface area (Å²) >= 11 is 5.88. The Morgan fingerprint density at radius 2 is 2.00 bits per heavy atom. The van der Waals surface area contributed by atoms with E-state index in [0.717, 1.165) is 16.7 Å². The van der Waals surface area contributed by atoms with E-state index in [4.69, 9.17) is 18.5 Å². The molecular formula is C12H11ClN2. The van der Waals surface area contributed by atoms with E-state index in [1.165, 1.54) is 0 Å². The number of halogens is 1. The van der Waals surface area contributed by atoms with Crippen LogP contribution in [0, 0.1) is 6.92 Å². The van der Waals surface area contributed by atoms with Crippen molar-refractivity contribution in [2.24, 2.45) is 0 Å². The smallest absolute Gasteiger partial charge is 0.131 e. The zero-order valence-corrected chi connectivity index (χ0v) is 9.42. The second-order valence-electron chi connectivity index (χ2n) is 3.78. The molecule has 0 bridgehead atoms. The van der Waals surface area contributed by atoms with E-state index < -0.39 is 0 Å². The second kappa shape index (κ2) is 3.78. The van der Waals surface area contributed by atoms with Crippen LogP contribution in [0.1, 0.15) is 31.3 Å². The Labute approximate surface area is 94.3 Å². The molecule has 0 aliphatic rings. The average molecular weight is 219 g/mol. The van der Waals surface area contributed by atoms with Gasteiger partial charge in [0.2, 0.25) is 0 Å². The maximum atomic E-state index is 5.88. The summed E-state index contributed by atoms with van der Waals surface area (Å²) < 4.78 is 0. The maximum absolute atomic E-state index is 5.88. The molecule has 0 saturated carbocycles. The van der Waals surface area contributed by atoms with E-state index in [1.54, 1.807) is 12.1 Å². The van der Waals surface area contributed by atoms with Gasteiger partial charge in [-0.1, -0.05) is 25.4 Å². The van der Waals surface area contributed by atoms with Gasteiger partial charge in [0.1, 0.15) is 5.82 Å². The fourth-order valence-electron chi connectivity index (χ4n) is 1.40. The van der Waals surface area contributed by atoms with Crippen LogP contribution in [0.2, 0.25) is 5.02 Å². The van der Waals surface area contributed by atoms with E-state index >= 15 is 0 Å². The molecule has 0 atom stereocenters. The lowest BCUT2D eigenvalue weighted by molar-refractivity contribution is 0.779. The molecule has 1 aromatic heterocycles. The van der Waals surface area contributed by atoms with Gasteiger partial charge < -0.3 is 0 Å². The van der Waals surface area contributed by atoms with Gasteiger partial charge in [0, 0.05) is 23.3 Å². The molecular weight excluding hydrogens is 208 g/mol. The summed E-state index contributed by atoms with van der Waals surface area (Å²) in [4.78, 5) is 8.68.